The van der Waals surface area contributed by atoms with Crippen LogP contribution >= 0.6 is 0 Å². The van der Waals surface area contributed by atoms with Crippen LogP contribution < -0.4 is 16.2 Å². The molecule has 0 saturated carbocycles. The summed E-state index contributed by atoms with van der Waals surface area (Å²) in [5.74, 6) is -0.349. The minimum absolute atomic E-state index is 0.118. The first kappa shape index (κ1) is 20.2. The van der Waals surface area contributed by atoms with E-state index in [2.05, 4.69) is 16.2 Å². The standard InChI is InChI=1S/C20H25N3O4/c1-5-12(2)17(21-18(24)15-9-7-6-8-10-15)20(26)23-22-19(25)16-11-13(3)27-14(16)4/h6-12,17H,5H2,1-4H3,(H,21,24)(H,22,25)(H,23,26). The molecule has 1 aromatic heterocycles. The topological polar surface area (TPSA) is 100 Å². The van der Waals surface area contributed by atoms with Gasteiger partial charge in [0.2, 0.25) is 0 Å². The maximum absolute atomic E-state index is 12.6. The first-order valence-electron chi connectivity index (χ1n) is 8.86. The molecule has 0 radical (unpaired) electrons. The average Bonchev–Trinajstić information content (AvgIpc) is 3.01. The Labute approximate surface area is 158 Å². The van der Waals surface area contributed by atoms with Gasteiger partial charge in [0.25, 0.3) is 17.7 Å². The quantitative estimate of drug-likeness (QED) is 0.679. The molecule has 0 bridgehead atoms. The maximum atomic E-state index is 12.6. The minimum atomic E-state index is -0.782. The third kappa shape index (κ3) is 5.20. The van der Waals surface area contributed by atoms with Crippen molar-refractivity contribution in [3.05, 3.63) is 59.0 Å². The van der Waals surface area contributed by atoms with Gasteiger partial charge in [-0.1, -0.05) is 38.5 Å². The summed E-state index contributed by atoms with van der Waals surface area (Å²) in [6.45, 7) is 7.20. The molecule has 27 heavy (non-hydrogen) atoms. The molecular weight excluding hydrogens is 346 g/mol. The molecule has 3 N–H and O–H groups in total. The Morgan fingerprint density at radius 1 is 1.04 bits per heavy atom. The van der Waals surface area contributed by atoms with Crippen LogP contribution in [0.25, 0.3) is 0 Å². The van der Waals surface area contributed by atoms with Gasteiger partial charge in [0.15, 0.2) is 0 Å². The molecule has 0 aliphatic rings. The minimum Gasteiger partial charge on any atom is -0.466 e. The Bertz CT molecular complexity index is 814. The normalized spacial score (nSPS) is 12.7. The van der Waals surface area contributed by atoms with Crippen LogP contribution in [-0.2, 0) is 4.79 Å². The Kier molecular flexibility index (Phi) is 6.76. The van der Waals surface area contributed by atoms with Crippen LogP contribution in [0.15, 0.2) is 40.8 Å². The van der Waals surface area contributed by atoms with Gasteiger partial charge >= 0.3 is 0 Å². The molecule has 0 spiro atoms. The van der Waals surface area contributed by atoms with Gasteiger partial charge in [-0.05, 0) is 38.0 Å². The molecule has 144 valence electrons. The number of hydrogen-bond acceptors (Lipinski definition) is 4. The molecule has 2 aromatic rings. The summed E-state index contributed by atoms with van der Waals surface area (Å²) in [7, 11) is 0. The second-order valence-electron chi connectivity index (χ2n) is 6.47. The highest BCUT2D eigenvalue weighted by molar-refractivity contribution is 5.99. The number of carbonyl (C=O) groups excluding carboxylic acids is 3. The summed E-state index contributed by atoms with van der Waals surface area (Å²) in [5.41, 5.74) is 5.58. The van der Waals surface area contributed by atoms with Crippen LogP contribution in [0.5, 0.6) is 0 Å². The Hall–Kier alpha value is -3.09. The number of rotatable bonds is 6. The van der Waals surface area contributed by atoms with E-state index in [0.717, 1.165) is 0 Å². The zero-order valence-electron chi connectivity index (χ0n) is 16.0. The summed E-state index contributed by atoms with van der Waals surface area (Å²) >= 11 is 0. The molecule has 0 aliphatic carbocycles. The van der Waals surface area contributed by atoms with Crippen molar-refractivity contribution in [1.29, 1.82) is 0 Å². The van der Waals surface area contributed by atoms with Crippen molar-refractivity contribution < 1.29 is 18.8 Å². The molecule has 1 heterocycles. The van der Waals surface area contributed by atoms with E-state index in [1.165, 1.54) is 0 Å². The van der Waals surface area contributed by atoms with Gasteiger partial charge in [0, 0.05) is 5.56 Å². The van der Waals surface area contributed by atoms with E-state index >= 15 is 0 Å². The van der Waals surface area contributed by atoms with Gasteiger partial charge in [-0.3, -0.25) is 25.2 Å². The summed E-state index contributed by atoms with van der Waals surface area (Å²) in [6, 6.07) is 9.48. The lowest BCUT2D eigenvalue weighted by molar-refractivity contribution is -0.124. The van der Waals surface area contributed by atoms with Gasteiger partial charge in [-0.15, -0.1) is 0 Å². The van der Waals surface area contributed by atoms with Crippen molar-refractivity contribution in [2.45, 2.75) is 40.2 Å². The highest BCUT2D eigenvalue weighted by Crippen LogP contribution is 2.13. The van der Waals surface area contributed by atoms with Crippen LogP contribution in [0.1, 0.15) is 52.5 Å². The molecule has 1 aromatic carbocycles. The summed E-state index contributed by atoms with van der Waals surface area (Å²) in [5, 5.41) is 2.74. The van der Waals surface area contributed by atoms with Crippen LogP contribution in [0, 0.1) is 19.8 Å². The molecule has 2 atom stereocenters. The number of benzene rings is 1. The van der Waals surface area contributed by atoms with Gasteiger partial charge in [-0.25, -0.2) is 0 Å². The highest BCUT2D eigenvalue weighted by Gasteiger charge is 2.27. The number of hydrazine groups is 1. The SMILES string of the molecule is CCC(C)C(NC(=O)c1ccccc1)C(=O)NNC(=O)c1cc(C)oc1C. The fourth-order valence-corrected chi connectivity index (χ4v) is 2.64. The van der Waals surface area contributed by atoms with Crippen molar-refractivity contribution in [2.24, 2.45) is 5.92 Å². The van der Waals surface area contributed by atoms with Gasteiger partial charge in [0.05, 0.1) is 5.56 Å². The Morgan fingerprint density at radius 2 is 1.70 bits per heavy atom. The summed E-state index contributed by atoms with van der Waals surface area (Å²) in [6.07, 6.45) is 0.682. The summed E-state index contributed by atoms with van der Waals surface area (Å²) in [4.78, 5) is 37.2. The maximum Gasteiger partial charge on any atom is 0.273 e. The van der Waals surface area contributed by atoms with E-state index in [1.807, 2.05) is 19.9 Å². The van der Waals surface area contributed by atoms with Crippen molar-refractivity contribution in [3.8, 4) is 0 Å². The lowest BCUT2D eigenvalue weighted by Crippen LogP contribution is -2.54. The lowest BCUT2D eigenvalue weighted by atomic mass is 9.98. The third-order valence-corrected chi connectivity index (χ3v) is 4.40. The second-order valence-corrected chi connectivity index (χ2v) is 6.47. The molecule has 0 fully saturated rings. The van der Waals surface area contributed by atoms with Crippen molar-refractivity contribution >= 4 is 17.7 Å². The fourth-order valence-electron chi connectivity index (χ4n) is 2.64. The van der Waals surface area contributed by atoms with Crippen LogP contribution in [-0.4, -0.2) is 23.8 Å². The molecule has 2 unspecified atom stereocenters. The summed E-state index contributed by atoms with van der Waals surface area (Å²) < 4.78 is 5.32. The molecule has 0 aliphatic heterocycles. The van der Waals surface area contributed by atoms with Crippen LogP contribution in [0.2, 0.25) is 0 Å². The largest absolute Gasteiger partial charge is 0.466 e. The lowest BCUT2D eigenvalue weighted by Gasteiger charge is -2.23. The molecular formula is C20H25N3O4. The number of nitrogens with one attached hydrogen (secondary N) is 3. The Balaban J connectivity index is 2.03. The predicted molar refractivity (Wildman–Crippen MR) is 101 cm³/mol. The predicted octanol–water partition coefficient (Wildman–Crippen LogP) is 2.50. The van der Waals surface area contributed by atoms with E-state index in [4.69, 9.17) is 4.42 Å². The van der Waals surface area contributed by atoms with Crippen molar-refractivity contribution in [2.75, 3.05) is 0 Å². The fraction of sp³-hybridized carbons (Fsp3) is 0.350. The van der Waals surface area contributed by atoms with Crippen molar-refractivity contribution in [1.82, 2.24) is 16.2 Å². The van der Waals surface area contributed by atoms with E-state index in [0.29, 0.717) is 29.1 Å². The number of carbonyl (C=O) groups is 3. The molecule has 7 nitrogen and oxygen atoms in total. The number of amides is 3. The van der Waals surface area contributed by atoms with E-state index in [9.17, 15) is 14.4 Å². The van der Waals surface area contributed by atoms with E-state index < -0.39 is 17.9 Å². The molecule has 0 saturated heterocycles. The van der Waals surface area contributed by atoms with Crippen molar-refractivity contribution in [3.63, 3.8) is 0 Å². The second kappa shape index (κ2) is 9.02. The molecule has 3 amide bonds. The third-order valence-electron chi connectivity index (χ3n) is 4.40. The molecule has 2 rings (SSSR count). The Morgan fingerprint density at radius 3 is 2.26 bits per heavy atom. The van der Waals surface area contributed by atoms with Crippen LogP contribution in [0.4, 0.5) is 0 Å². The number of furan rings is 1. The zero-order valence-corrected chi connectivity index (χ0v) is 16.0. The smallest absolute Gasteiger partial charge is 0.273 e. The highest BCUT2D eigenvalue weighted by atomic mass is 16.3. The number of hydrogen-bond donors (Lipinski definition) is 3. The van der Waals surface area contributed by atoms with E-state index in [-0.39, 0.29) is 11.8 Å². The van der Waals surface area contributed by atoms with Gasteiger partial charge < -0.3 is 9.73 Å². The van der Waals surface area contributed by atoms with Gasteiger partial charge in [0.1, 0.15) is 17.6 Å². The average molecular weight is 371 g/mol. The van der Waals surface area contributed by atoms with Crippen LogP contribution in [0.3, 0.4) is 0 Å². The first-order valence-corrected chi connectivity index (χ1v) is 8.86. The molecule has 7 heteroatoms. The van der Waals surface area contributed by atoms with E-state index in [1.54, 1.807) is 44.2 Å². The zero-order chi connectivity index (χ0) is 20.0. The number of aryl methyl sites for hydroxylation is 2. The van der Waals surface area contributed by atoms with Gasteiger partial charge in [-0.2, -0.15) is 0 Å². The first-order chi connectivity index (χ1) is 12.8. The monoisotopic (exact) mass is 371 g/mol.